The first-order valence-electron chi connectivity index (χ1n) is 14.3. The molecule has 2 aromatic carbocycles. The van der Waals surface area contributed by atoms with Crippen molar-refractivity contribution < 1.29 is 38.7 Å². The highest BCUT2D eigenvalue weighted by Gasteiger charge is 2.43. The van der Waals surface area contributed by atoms with Gasteiger partial charge in [-0.1, -0.05) is 30.3 Å². The minimum Gasteiger partial charge on any atom is -0.493 e. The van der Waals surface area contributed by atoms with Crippen LogP contribution in [-0.2, 0) is 14.3 Å². The number of aliphatic hydroxyl groups is 1. The Labute approximate surface area is 242 Å². The lowest BCUT2D eigenvalue weighted by Crippen LogP contribution is -2.60. The first-order chi connectivity index (χ1) is 19.6. The summed E-state index contributed by atoms with van der Waals surface area (Å²) in [6.07, 6.45) is -0.691. The molecule has 2 aromatic rings. The van der Waals surface area contributed by atoms with Crippen LogP contribution in [0.4, 0.5) is 4.79 Å². The molecule has 1 aliphatic rings. The van der Waals surface area contributed by atoms with Crippen molar-refractivity contribution >= 4 is 12.0 Å². The number of nitrogens with one attached hydrogen (secondary N) is 1. The molecule has 1 fully saturated rings. The summed E-state index contributed by atoms with van der Waals surface area (Å²) >= 11 is 0. The van der Waals surface area contributed by atoms with Gasteiger partial charge in [0.2, 0.25) is 0 Å². The second-order valence-corrected chi connectivity index (χ2v) is 10.2. The maximum absolute atomic E-state index is 13.8. The number of carboxylic acid groups (broad SMARTS) is 1. The molecule has 0 saturated carbocycles. The second-order valence-electron chi connectivity index (χ2n) is 10.2. The summed E-state index contributed by atoms with van der Waals surface area (Å²) < 4.78 is 23.2. The van der Waals surface area contributed by atoms with Crippen LogP contribution < -0.4 is 14.8 Å². The van der Waals surface area contributed by atoms with Gasteiger partial charge >= 0.3 is 12.0 Å². The number of hydrogen-bond acceptors (Lipinski definition) is 7. The van der Waals surface area contributed by atoms with Crippen LogP contribution in [0, 0.1) is 0 Å². The third-order valence-electron chi connectivity index (χ3n) is 7.43. The SMILES string of the molecule is CCOc1cc([C@@H](C)N(CCO[C@@H](C)c2ccccc2)C(=O)NC2(C(=O)O)CCOCC2)cc(OCC)c1C(C)O. The summed E-state index contributed by atoms with van der Waals surface area (Å²) in [5.41, 5.74) is 0.839. The fourth-order valence-corrected chi connectivity index (χ4v) is 5.01. The average molecular weight is 573 g/mol. The van der Waals surface area contributed by atoms with Gasteiger partial charge in [0.1, 0.15) is 17.0 Å². The fourth-order valence-electron chi connectivity index (χ4n) is 5.01. The topological polar surface area (TPSA) is 127 Å². The Balaban J connectivity index is 1.94. The third kappa shape index (κ3) is 8.12. The Morgan fingerprint density at radius 1 is 1.00 bits per heavy atom. The molecule has 0 aliphatic carbocycles. The van der Waals surface area contributed by atoms with E-state index >= 15 is 0 Å². The molecular formula is C31H44N2O8. The predicted octanol–water partition coefficient (Wildman–Crippen LogP) is 5.02. The smallest absolute Gasteiger partial charge is 0.329 e. The number of carbonyl (C=O) groups is 2. The Morgan fingerprint density at radius 2 is 1.59 bits per heavy atom. The number of amides is 2. The van der Waals surface area contributed by atoms with Crippen molar-refractivity contribution in [3.63, 3.8) is 0 Å². The molecule has 226 valence electrons. The molecule has 0 bridgehead atoms. The van der Waals surface area contributed by atoms with Crippen LogP contribution in [0.25, 0.3) is 0 Å². The van der Waals surface area contributed by atoms with E-state index in [1.54, 1.807) is 24.0 Å². The molecule has 41 heavy (non-hydrogen) atoms. The van der Waals surface area contributed by atoms with Crippen molar-refractivity contribution in [3.05, 3.63) is 59.2 Å². The summed E-state index contributed by atoms with van der Waals surface area (Å²) in [6.45, 7) is 10.8. The van der Waals surface area contributed by atoms with E-state index in [1.165, 1.54) is 0 Å². The van der Waals surface area contributed by atoms with E-state index in [4.69, 9.17) is 18.9 Å². The van der Waals surface area contributed by atoms with E-state index < -0.39 is 29.7 Å². The first-order valence-corrected chi connectivity index (χ1v) is 14.3. The monoisotopic (exact) mass is 572 g/mol. The van der Waals surface area contributed by atoms with Crippen molar-refractivity contribution in [1.82, 2.24) is 10.2 Å². The summed E-state index contributed by atoms with van der Waals surface area (Å²) in [5, 5.41) is 23.3. The van der Waals surface area contributed by atoms with Crippen LogP contribution in [0.5, 0.6) is 11.5 Å². The van der Waals surface area contributed by atoms with Crippen LogP contribution >= 0.6 is 0 Å². The number of rotatable bonds is 14. The molecule has 3 rings (SSSR count). The molecule has 0 aromatic heterocycles. The number of urea groups is 1. The zero-order valence-electron chi connectivity index (χ0n) is 24.7. The van der Waals surface area contributed by atoms with Crippen molar-refractivity contribution in [3.8, 4) is 11.5 Å². The van der Waals surface area contributed by atoms with Gasteiger partial charge in [-0.3, -0.25) is 0 Å². The van der Waals surface area contributed by atoms with Gasteiger partial charge in [0.05, 0.1) is 43.6 Å². The number of carboxylic acids is 1. The molecule has 1 saturated heterocycles. The minimum absolute atomic E-state index is 0.171. The highest BCUT2D eigenvalue weighted by atomic mass is 16.5. The Bertz CT molecular complexity index is 1110. The molecular weight excluding hydrogens is 528 g/mol. The number of aliphatic carboxylic acids is 1. The van der Waals surface area contributed by atoms with Crippen LogP contribution in [-0.4, -0.2) is 72.2 Å². The minimum atomic E-state index is -1.42. The van der Waals surface area contributed by atoms with Gasteiger partial charge in [0.25, 0.3) is 0 Å². The number of ether oxygens (including phenoxy) is 4. The van der Waals surface area contributed by atoms with Gasteiger partial charge < -0.3 is 39.4 Å². The summed E-state index contributed by atoms with van der Waals surface area (Å²) in [7, 11) is 0. The first kappa shape index (κ1) is 32.2. The quantitative estimate of drug-likeness (QED) is 0.288. The standard InChI is InChI=1S/C31H44N2O8/c1-6-39-26-19-25(20-27(40-7-2)28(26)22(4)34)21(3)33(15-18-41-23(5)24-11-9-8-10-12-24)30(37)32-31(29(35)36)13-16-38-17-14-31/h8-12,19-23,34H,6-7,13-18H2,1-5H3,(H,32,37)(H,35,36)/t21-,22?,23+/m1/s1. The molecule has 1 aliphatic heterocycles. The van der Waals surface area contributed by atoms with Crippen molar-refractivity contribution in [1.29, 1.82) is 0 Å². The third-order valence-corrected chi connectivity index (χ3v) is 7.43. The summed E-state index contributed by atoms with van der Waals surface area (Å²) in [6, 6.07) is 12.3. The van der Waals surface area contributed by atoms with Crippen LogP contribution in [0.15, 0.2) is 42.5 Å². The summed E-state index contributed by atoms with van der Waals surface area (Å²) in [4.78, 5) is 27.7. The maximum Gasteiger partial charge on any atom is 0.329 e. The van der Waals surface area contributed by atoms with Crippen molar-refractivity contribution in [2.75, 3.05) is 39.6 Å². The zero-order chi connectivity index (χ0) is 30.0. The normalized spacial score (nSPS) is 16.7. The number of benzene rings is 2. The molecule has 1 heterocycles. The Kier molecular flexibility index (Phi) is 11.8. The highest BCUT2D eigenvalue weighted by Crippen LogP contribution is 2.39. The Hall–Kier alpha value is -3.34. The molecule has 3 N–H and O–H groups in total. The second kappa shape index (κ2) is 15.0. The van der Waals surface area contributed by atoms with Gasteiger partial charge in [0.15, 0.2) is 0 Å². The van der Waals surface area contributed by atoms with Gasteiger partial charge in [-0.15, -0.1) is 0 Å². The number of hydrogen-bond donors (Lipinski definition) is 3. The van der Waals surface area contributed by atoms with Gasteiger partial charge in [-0.05, 0) is 57.9 Å². The highest BCUT2D eigenvalue weighted by molar-refractivity contribution is 5.86. The van der Waals surface area contributed by atoms with Crippen LogP contribution in [0.2, 0.25) is 0 Å². The number of aliphatic hydroxyl groups excluding tert-OH is 1. The Morgan fingerprint density at radius 3 is 2.10 bits per heavy atom. The molecule has 10 nitrogen and oxygen atoms in total. The van der Waals surface area contributed by atoms with Crippen molar-refractivity contribution in [2.24, 2.45) is 0 Å². The van der Waals surface area contributed by atoms with Crippen LogP contribution in [0.3, 0.4) is 0 Å². The molecule has 10 heteroatoms. The zero-order valence-corrected chi connectivity index (χ0v) is 24.7. The molecule has 0 radical (unpaired) electrons. The molecule has 1 unspecified atom stereocenters. The predicted molar refractivity (Wildman–Crippen MR) is 154 cm³/mol. The molecule has 0 spiro atoms. The average Bonchev–Trinajstić information content (AvgIpc) is 2.95. The van der Waals surface area contributed by atoms with E-state index in [1.807, 2.05) is 58.0 Å². The van der Waals surface area contributed by atoms with E-state index in [9.17, 15) is 19.8 Å². The number of nitrogens with zero attached hydrogens (tertiary/aromatic N) is 1. The van der Waals surface area contributed by atoms with E-state index in [2.05, 4.69) is 5.32 Å². The van der Waals surface area contributed by atoms with E-state index in [0.29, 0.717) is 35.8 Å². The molecule has 2 amide bonds. The lowest BCUT2D eigenvalue weighted by molar-refractivity contribution is -0.148. The van der Waals surface area contributed by atoms with Gasteiger partial charge in [-0.2, -0.15) is 0 Å². The fraction of sp³-hybridized carbons (Fsp3) is 0.548. The largest absolute Gasteiger partial charge is 0.493 e. The van der Waals surface area contributed by atoms with Crippen molar-refractivity contribution in [2.45, 2.75) is 71.2 Å². The van der Waals surface area contributed by atoms with Crippen LogP contribution in [0.1, 0.15) is 82.4 Å². The van der Waals surface area contributed by atoms with Gasteiger partial charge in [-0.25, -0.2) is 9.59 Å². The lowest BCUT2D eigenvalue weighted by Gasteiger charge is -2.38. The van der Waals surface area contributed by atoms with E-state index in [0.717, 1.165) is 5.56 Å². The van der Waals surface area contributed by atoms with Gasteiger partial charge in [0, 0.05) is 32.6 Å². The lowest BCUT2D eigenvalue weighted by atomic mass is 9.90. The molecule has 3 atom stereocenters. The van der Waals surface area contributed by atoms with E-state index in [-0.39, 0.29) is 45.3 Å². The maximum atomic E-state index is 13.8. The summed E-state index contributed by atoms with van der Waals surface area (Å²) in [5.74, 6) is -0.152. The number of carbonyl (C=O) groups excluding carboxylic acids is 1.